The first-order valence-electron chi connectivity index (χ1n) is 4.72. The fourth-order valence-corrected chi connectivity index (χ4v) is 1.22. The van der Waals surface area contributed by atoms with E-state index < -0.39 is 6.09 Å². The highest BCUT2D eigenvalue weighted by Crippen LogP contribution is 2.00. The van der Waals surface area contributed by atoms with Crippen LogP contribution >= 0.6 is 0 Å². The Kier molecular flexibility index (Phi) is 6.74. The number of carbonyl (C=O) groups excluding carboxylic acids is 1. The minimum absolute atomic E-state index is 0.0974. The van der Waals surface area contributed by atoms with Crippen LogP contribution in [0.1, 0.15) is 26.2 Å². The number of nitrogens with one attached hydrogen (secondary N) is 2. The molecule has 14 heavy (non-hydrogen) atoms. The van der Waals surface area contributed by atoms with Crippen LogP contribution in [0.3, 0.4) is 0 Å². The van der Waals surface area contributed by atoms with Crippen LogP contribution in [0.2, 0.25) is 0 Å². The van der Waals surface area contributed by atoms with E-state index in [1.54, 1.807) is 14.0 Å². The number of amides is 1. The molecule has 0 rings (SSSR count). The van der Waals surface area contributed by atoms with Crippen LogP contribution in [0.15, 0.2) is 0 Å². The maximum absolute atomic E-state index is 11.0. The van der Waals surface area contributed by atoms with E-state index in [1.165, 1.54) is 0 Å². The number of carboxylic acid groups (broad SMARTS) is 1. The second-order valence-electron chi connectivity index (χ2n) is 3.18. The number of ketones is 1. The van der Waals surface area contributed by atoms with Crippen molar-refractivity contribution >= 4 is 11.9 Å². The predicted molar refractivity (Wildman–Crippen MR) is 53.4 cm³/mol. The number of carbonyl (C=O) groups is 2. The topological polar surface area (TPSA) is 78.4 Å². The Balaban J connectivity index is 3.42. The van der Waals surface area contributed by atoms with Crippen LogP contribution in [0.5, 0.6) is 0 Å². The normalized spacial score (nSPS) is 12.1. The molecule has 1 amide bonds. The predicted octanol–water partition coefficient (Wildman–Crippen LogP) is 0.601. The van der Waals surface area contributed by atoms with Gasteiger partial charge in [-0.25, -0.2) is 4.79 Å². The summed E-state index contributed by atoms with van der Waals surface area (Å²) in [5, 5.41) is 13.5. The summed E-state index contributed by atoms with van der Waals surface area (Å²) in [7, 11) is 1.75. The van der Waals surface area contributed by atoms with Crippen LogP contribution in [-0.4, -0.2) is 36.6 Å². The summed E-state index contributed by atoms with van der Waals surface area (Å²) in [5.74, 6) is 0.124. The Hall–Kier alpha value is -1.10. The highest BCUT2D eigenvalue weighted by atomic mass is 16.4. The molecule has 0 saturated carbocycles. The van der Waals surface area contributed by atoms with Crippen molar-refractivity contribution in [2.75, 3.05) is 13.6 Å². The highest BCUT2D eigenvalue weighted by Gasteiger charge is 2.09. The smallest absolute Gasteiger partial charge is 0.404 e. The van der Waals surface area contributed by atoms with Gasteiger partial charge in [0.05, 0.1) is 6.04 Å². The standard InChI is InChI=1S/C9H18N2O3/c1-7(12)8(10-2)5-3-4-6-11-9(13)14/h8,10-11H,3-6H2,1-2H3,(H,13,14). The van der Waals surface area contributed by atoms with Crippen LogP contribution < -0.4 is 10.6 Å². The average molecular weight is 202 g/mol. The number of likely N-dealkylation sites (N-methyl/N-ethyl adjacent to an activating group) is 1. The summed E-state index contributed by atoms with van der Waals surface area (Å²) >= 11 is 0. The zero-order valence-corrected chi connectivity index (χ0v) is 8.67. The van der Waals surface area contributed by atoms with Crippen molar-refractivity contribution in [2.45, 2.75) is 32.2 Å². The number of hydrogen-bond donors (Lipinski definition) is 3. The summed E-state index contributed by atoms with van der Waals surface area (Å²) in [6.07, 6.45) is 1.36. The average Bonchev–Trinajstić information content (AvgIpc) is 2.10. The van der Waals surface area contributed by atoms with Gasteiger partial charge in [0.15, 0.2) is 0 Å². The number of hydrogen-bond acceptors (Lipinski definition) is 3. The molecule has 1 atom stereocenters. The van der Waals surface area contributed by atoms with Gasteiger partial charge < -0.3 is 15.7 Å². The second kappa shape index (κ2) is 7.32. The molecule has 0 fully saturated rings. The van der Waals surface area contributed by atoms with Crippen molar-refractivity contribution in [3.05, 3.63) is 0 Å². The molecule has 0 aromatic heterocycles. The molecule has 0 bridgehead atoms. The van der Waals surface area contributed by atoms with Gasteiger partial charge >= 0.3 is 6.09 Å². The lowest BCUT2D eigenvalue weighted by atomic mass is 10.1. The van der Waals surface area contributed by atoms with E-state index in [4.69, 9.17) is 5.11 Å². The third kappa shape index (κ3) is 6.42. The van der Waals surface area contributed by atoms with Crippen molar-refractivity contribution in [3.63, 3.8) is 0 Å². The van der Waals surface area contributed by atoms with Crippen molar-refractivity contribution in [2.24, 2.45) is 0 Å². The SMILES string of the molecule is CNC(CCCCNC(=O)O)C(C)=O. The van der Waals surface area contributed by atoms with Gasteiger partial charge in [-0.3, -0.25) is 4.79 Å². The largest absolute Gasteiger partial charge is 0.465 e. The zero-order valence-electron chi connectivity index (χ0n) is 8.67. The molecule has 0 radical (unpaired) electrons. The fraction of sp³-hybridized carbons (Fsp3) is 0.778. The minimum atomic E-state index is -0.998. The van der Waals surface area contributed by atoms with Gasteiger partial charge in [0, 0.05) is 6.54 Å². The summed E-state index contributed by atoms with van der Waals surface area (Å²) in [6.45, 7) is 2.00. The van der Waals surface area contributed by atoms with Crippen molar-refractivity contribution in [1.29, 1.82) is 0 Å². The van der Waals surface area contributed by atoms with Crippen LogP contribution in [0.25, 0.3) is 0 Å². The third-order valence-corrected chi connectivity index (χ3v) is 2.03. The van der Waals surface area contributed by atoms with Gasteiger partial charge in [-0.05, 0) is 33.2 Å². The molecule has 0 spiro atoms. The van der Waals surface area contributed by atoms with E-state index in [-0.39, 0.29) is 11.8 Å². The van der Waals surface area contributed by atoms with E-state index in [9.17, 15) is 9.59 Å². The lowest BCUT2D eigenvalue weighted by Gasteiger charge is -2.11. The Morgan fingerprint density at radius 1 is 1.36 bits per heavy atom. The molecule has 0 heterocycles. The minimum Gasteiger partial charge on any atom is -0.465 e. The van der Waals surface area contributed by atoms with E-state index in [0.717, 1.165) is 19.3 Å². The Labute approximate surface area is 83.9 Å². The van der Waals surface area contributed by atoms with Crippen molar-refractivity contribution < 1.29 is 14.7 Å². The molecule has 0 aromatic carbocycles. The third-order valence-electron chi connectivity index (χ3n) is 2.03. The lowest BCUT2D eigenvalue weighted by molar-refractivity contribution is -0.119. The molecule has 0 aliphatic heterocycles. The van der Waals surface area contributed by atoms with E-state index in [0.29, 0.717) is 6.54 Å². The van der Waals surface area contributed by atoms with Crippen LogP contribution in [0, 0.1) is 0 Å². The molecular formula is C9H18N2O3. The van der Waals surface area contributed by atoms with E-state index in [2.05, 4.69) is 10.6 Å². The summed E-state index contributed by atoms with van der Waals surface area (Å²) in [4.78, 5) is 21.1. The number of rotatable bonds is 7. The van der Waals surface area contributed by atoms with Gasteiger partial charge in [-0.1, -0.05) is 0 Å². The Morgan fingerprint density at radius 3 is 2.43 bits per heavy atom. The Morgan fingerprint density at radius 2 is 2.00 bits per heavy atom. The van der Waals surface area contributed by atoms with E-state index >= 15 is 0 Å². The lowest BCUT2D eigenvalue weighted by Crippen LogP contribution is -2.32. The van der Waals surface area contributed by atoms with Crippen LogP contribution in [0.4, 0.5) is 4.79 Å². The maximum Gasteiger partial charge on any atom is 0.404 e. The van der Waals surface area contributed by atoms with Crippen molar-refractivity contribution in [3.8, 4) is 0 Å². The van der Waals surface area contributed by atoms with Gasteiger partial charge in [0.1, 0.15) is 5.78 Å². The molecule has 3 N–H and O–H groups in total. The summed E-state index contributed by atoms with van der Waals surface area (Å²) < 4.78 is 0. The first kappa shape index (κ1) is 12.9. The molecule has 1 unspecified atom stereocenters. The highest BCUT2D eigenvalue weighted by molar-refractivity contribution is 5.81. The van der Waals surface area contributed by atoms with Crippen molar-refractivity contribution in [1.82, 2.24) is 10.6 Å². The molecular weight excluding hydrogens is 184 g/mol. The first-order chi connectivity index (χ1) is 6.57. The molecule has 5 nitrogen and oxygen atoms in total. The zero-order chi connectivity index (χ0) is 11.0. The monoisotopic (exact) mass is 202 g/mol. The van der Waals surface area contributed by atoms with E-state index in [1.807, 2.05) is 0 Å². The summed E-state index contributed by atoms with van der Waals surface area (Å²) in [6, 6.07) is -0.0974. The summed E-state index contributed by atoms with van der Waals surface area (Å²) in [5.41, 5.74) is 0. The molecule has 0 aliphatic rings. The number of unbranched alkanes of at least 4 members (excludes halogenated alkanes) is 1. The molecule has 0 saturated heterocycles. The molecule has 0 aromatic rings. The van der Waals surface area contributed by atoms with Gasteiger partial charge in [-0.15, -0.1) is 0 Å². The van der Waals surface area contributed by atoms with Gasteiger partial charge in [0.25, 0.3) is 0 Å². The Bertz CT molecular complexity index is 194. The number of Topliss-reactive ketones (excluding diaryl/α,β-unsaturated/α-hetero) is 1. The molecule has 82 valence electrons. The molecule has 0 aliphatic carbocycles. The van der Waals surface area contributed by atoms with Crippen LogP contribution in [-0.2, 0) is 4.79 Å². The fourth-order valence-electron chi connectivity index (χ4n) is 1.22. The maximum atomic E-state index is 11.0. The quantitative estimate of drug-likeness (QED) is 0.528. The van der Waals surface area contributed by atoms with Gasteiger partial charge in [-0.2, -0.15) is 0 Å². The second-order valence-corrected chi connectivity index (χ2v) is 3.18. The molecule has 5 heteroatoms. The first-order valence-corrected chi connectivity index (χ1v) is 4.72. The van der Waals surface area contributed by atoms with Gasteiger partial charge in [0.2, 0.25) is 0 Å².